The summed E-state index contributed by atoms with van der Waals surface area (Å²) in [6.45, 7) is 1.16. The average Bonchev–Trinajstić information content (AvgIpc) is 2.42. The summed E-state index contributed by atoms with van der Waals surface area (Å²) in [7, 11) is 1.57. The first-order valence-electron chi connectivity index (χ1n) is 5.86. The molecule has 1 rings (SSSR count). The van der Waals surface area contributed by atoms with Gasteiger partial charge in [-0.05, 0) is 5.56 Å². The zero-order valence-corrected chi connectivity index (χ0v) is 10.6. The molecule has 0 unspecified atom stereocenters. The molecule has 0 saturated carbocycles. The summed E-state index contributed by atoms with van der Waals surface area (Å²) in [5, 5.41) is 8.73. The predicted molar refractivity (Wildman–Crippen MR) is 69.1 cm³/mol. The zero-order chi connectivity index (χ0) is 13.1. The molecule has 0 aromatic heterocycles. The number of ether oxygens (including phenoxy) is 3. The van der Waals surface area contributed by atoms with E-state index < -0.39 is 0 Å². The SMILES string of the molecule is COCO[C@H](/C=C/CO)COCc1ccccc1. The van der Waals surface area contributed by atoms with Crippen LogP contribution in [0.5, 0.6) is 0 Å². The van der Waals surface area contributed by atoms with Gasteiger partial charge in [0.05, 0.1) is 19.8 Å². The molecule has 18 heavy (non-hydrogen) atoms. The molecule has 0 heterocycles. The Morgan fingerprint density at radius 2 is 2.06 bits per heavy atom. The second kappa shape index (κ2) is 9.79. The van der Waals surface area contributed by atoms with Gasteiger partial charge in [-0.25, -0.2) is 0 Å². The summed E-state index contributed by atoms with van der Waals surface area (Å²) >= 11 is 0. The van der Waals surface area contributed by atoms with Gasteiger partial charge in [0.2, 0.25) is 0 Å². The third kappa shape index (κ3) is 6.51. The van der Waals surface area contributed by atoms with Crippen LogP contribution < -0.4 is 0 Å². The molecule has 0 radical (unpaired) electrons. The van der Waals surface area contributed by atoms with Crippen LogP contribution in [0.3, 0.4) is 0 Å². The minimum atomic E-state index is -0.208. The molecule has 0 amide bonds. The normalized spacial score (nSPS) is 13.0. The summed E-state index contributed by atoms with van der Waals surface area (Å²) < 4.78 is 15.8. The van der Waals surface area contributed by atoms with E-state index in [0.717, 1.165) is 5.56 Å². The molecule has 0 aliphatic heterocycles. The standard InChI is InChI=1S/C14H20O4/c1-16-12-18-14(8-5-9-15)11-17-10-13-6-3-2-4-7-13/h2-8,14-15H,9-12H2,1H3/b8-5+/t14-/m1/s1. The number of hydrogen-bond donors (Lipinski definition) is 1. The molecule has 0 spiro atoms. The van der Waals surface area contributed by atoms with Crippen molar-refractivity contribution in [1.82, 2.24) is 0 Å². The highest BCUT2D eigenvalue weighted by Crippen LogP contribution is 2.03. The van der Waals surface area contributed by atoms with Crippen LogP contribution in [0.2, 0.25) is 0 Å². The molecule has 1 atom stereocenters. The lowest BCUT2D eigenvalue weighted by Gasteiger charge is -2.14. The summed E-state index contributed by atoms with van der Waals surface area (Å²) in [6.07, 6.45) is 3.19. The van der Waals surface area contributed by atoms with Gasteiger partial charge in [0.1, 0.15) is 12.9 Å². The number of methoxy groups -OCH3 is 1. The van der Waals surface area contributed by atoms with Crippen molar-refractivity contribution in [3.8, 4) is 0 Å². The quantitative estimate of drug-likeness (QED) is 0.537. The first-order valence-corrected chi connectivity index (χ1v) is 5.86. The number of rotatable bonds is 9. The zero-order valence-electron chi connectivity index (χ0n) is 10.6. The minimum Gasteiger partial charge on any atom is -0.392 e. The largest absolute Gasteiger partial charge is 0.392 e. The van der Waals surface area contributed by atoms with Crippen molar-refractivity contribution in [3.63, 3.8) is 0 Å². The first-order chi connectivity index (χ1) is 8.86. The summed E-state index contributed by atoms with van der Waals surface area (Å²) in [6, 6.07) is 9.94. The van der Waals surface area contributed by atoms with E-state index in [9.17, 15) is 0 Å². The molecule has 4 heteroatoms. The molecule has 0 aliphatic rings. The molecule has 1 N–H and O–H groups in total. The van der Waals surface area contributed by atoms with Crippen LogP contribution in [0.15, 0.2) is 42.5 Å². The lowest BCUT2D eigenvalue weighted by atomic mass is 10.2. The van der Waals surface area contributed by atoms with Crippen molar-refractivity contribution in [1.29, 1.82) is 0 Å². The van der Waals surface area contributed by atoms with Crippen molar-refractivity contribution in [2.45, 2.75) is 12.7 Å². The maximum atomic E-state index is 8.73. The van der Waals surface area contributed by atoms with E-state index in [-0.39, 0.29) is 19.5 Å². The second-order valence-electron chi connectivity index (χ2n) is 3.72. The van der Waals surface area contributed by atoms with Crippen molar-refractivity contribution < 1.29 is 19.3 Å². The fourth-order valence-corrected chi connectivity index (χ4v) is 1.39. The highest BCUT2D eigenvalue weighted by molar-refractivity contribution is 5.13. The molecule has 0 aliphatic carbocycles. The molecule has 0 fully saturated rings. The fraction of sp³-hybridized carbons (Fsp3) is 0.429. The Morgan fingerprint density at radius 1 is 1.28 bits per heavy atom. The van der Waals surface area contributed by atoms with Gasteiger partial charge in [0, 0.05) is 7.11 Å². The van der Waals surface area contributed by atoms with Crippen LogP contribution in [0, 0.1) is 0 Å². The van der Waals surface area contributed by atoms with Gasteiger partial charge in [-0.1, -0.05) is 42.5 Å². The van der Waals surface area contributed by atoms with Crippen LogP contribution in [0.25, 0.3) is 0 Å². The summed E-state index contributed by atoms with van der Waals surface area (Å²) in [4.78, 5) is 0. The number of hydrogen-bond acceptors (Lipinski definition) is 4. The third-order valence-electron chi connectivity index (χ3n) is 2.25. The molecule has 1 aromatic carbocycles. The van der Waals surface area contributed by atoms with E-state index >= 15 is 0 Å². The molecular weight excluding hydrogens is 232 g/mol. The Labute approximate surface area is 108 Å². The van der Waals surface area contributed by atoms with Crippen LogP contribution in [-0.4, -0.2) is 38.3 Å². The summed E-state index contributed by atoms with van der Waals surface area (Å²) in [5.41, 5.74) is 1.12. The Balaban J connectivity index is 2.30. The first kappa shape index (κ1) is 14.9. The van der Waals surface area contributed by atoms with Gasteiger partial charge in [0.15, 0.2) is 0 Å². The molecule has 0 bridgehead atoms. The van der Waals surface area contributed by atoms with Gasteiger partial charge in [-0.15, -0.1) is 0 Å². The van der Waals surface area contributed by atoms with E-state index in [1.807, 2.05) is 30.3 Å². The van der Waals surface area contributed by atoms with Gasteiger partial charge in [0.25, 0.3) is 0 Å². The molecular formula is C14H20O4. The maximum absolute atomic E-state index is 8.73. The van der Waals surface area contributed by atoms with Gasteiger partial charge < -0.3 is 19.3 Å². The van der Waals surface area contributed by atoms with Crippen molar-refractivity contribution in [2.24, 2.45) is 0 Å². The minimum absolute atomic E-state index is 0.00841. The van der Waals surface area contributed by atoms with E-state index in [1.165, 1.54) is 0 Å². The molecule has 4 nitrogen and oxygen atoms in total. The number of benzene rings is 1. The summed E-state index contributed by atoms with van der Waals surface area (Å²) in [5.74, 6) is 0. The van der Waals surface area contributed by atoms with Crippen LogP contribution in [0.1, 0.15) is 5.56 Å². The highest BCUT2D eigenvalue weighted by Gasteiger charge is 2.05. The maximum Gasteiger partial charge on any atom is 0.147 e. The smallest absolute Gasteiger partial charge is 0.147 e. The van der Waals surface area contributed by atoms with Crippen LogP contribution in [0.4, 0.5) is 0 Å². The molecule has 0 saturated heterocycles. The highest BCUT2D eigenvalue weighted by atomic mass is 16.7. The van der Waals surface area contributed by atoms with Gasteiger partial charge in [-0.2, -0.15) is 0 Å². The van der Waals surface area contributed by atoms with E-state index in [1.54, 1.807) is 19.3 Å². The lowest BCUT2D eigenvalue weighted by molar-refractivity contribution is -0.0815. The predicted octanol–water partition coefficient (Wildman–Crippen LogP) is 1.74. The van der Waals surface area contributed by atoms with E-state index in [4.69, 9.17) is 19.3 Å². The topological polar surface area (TPSA) is 47.9 Å². The number of aliphatic hydroxyl groups is 1. The van der Waals surface area contributed by atoms with Crippen LogP contribution >= 0.6 is 0 Å². The Morgan fingerprint density at radius 3 is 2.72 bits per heavy atom. The third-order valence-corrected chi connectivity index (χ3v) is 2.25. The van der Waals surface area contributed by atoms with Gasteiger partial charge >= 0.3 is 0 Å². The lowest BCUT2D eigenvalue weighted by Crippen LogP contribution is -2.19. The monoisotopic (exact) mass is 252 g/mol. The van der Waals surface area contributed by atoms with E-state index in [0.29, 0.717) is 13.2 Å². The average molecular weight is 252 g/mol. The van der Waals surface area contributed by atoms with Crippen molar-refractivity contribution in [3.05, 3.63) is 48.0 Å². The Hall–Kier alpha value is -1.20. The van der Waals surface area contributed by atoms with Gasteiger partial charge in [-0.3, -0.25) is 0 Å². The molecule has 1 aromatic rings. The Kier molecular flexibility index (Phi) is 8.08. The van der Waals surface area contributed by atoms with Crippen molar-refractivity contribution in [2.75, 3.05) is 27.1 Å². The van der Waals surface area contributed by atoms with Crippen LogP contribution in [-0.2, 0) is 20.8 Å². The van der Waals surface area contributed by atoms with Crippen molar-refractivity contribution >= 4 is 0 Å². The Bertz CT molecular complexity index is 324. The second-order valence-corrected chi connectivity index (χ2v) is 3.72. The number of aliphatic hydroxyl groups excluding tert-OH is 1. The van der Waals surface area contributed by atoms with E-state index in [2.05, 4.69) is 0 Å². The fourth-order valence-electron chi connectivity index (χ4n) is 1.39. The molecule has 100 valence electrons.